The number of hydrogen-bond acceptors (Lipinski definition) is 18. The van der Waals surface area contributed by atoms with Crippen LogP contribution in [0.5, 0.6) is 5.75 Å². The van der Waals surface area contributed by atoms with Gasteiger partial charge in [0.15, 0.2) is 17.9 Å². The number of aromatic hydroxyl groups is 1. The average Bonchev–Trinajstić information content (AvgIpc) is 3.62. The first-order valence-electron chi connectivity index (χ1n) is 29.6. The minimum atomic E-state index is -1.43. The number of phenols is 1. The van der Waals surface area contributed by atoms with Crippen LogP contribution in [-0.4, -0.2) is 203 Å². The van der Waals surface area contributed by atoms with Gasteiger partial charge in [-0.15, -0.1) is 0 Å². The molecule has 35 heteroatoms. The number of phenolic OH excluding ortho intramolecular Hbond substituents is 1. The Morgan fingerprint density at radius 1 is 0.678 bits per heavy atom. The zero-order valence-corrected chi connectivity index (χ0v) is 53.9. The Balaban J connectivity index is 2.12. The zero-order valence-electron chi connectivity index (χ0n) is 51.4. The molecule has 3 rings (SSSR count). The molecular formula is C55H92N20O12S3. The van der Waals surface area contributed by atoms with Crippen molar-refractivity contribution >= 4 is 116 Å². The Morgan fingerprint density at radius 3 is 1.86 bits per heavy atom. The van der Waals surface area contributed by atoms with Crippen LogP contribution in [-0.2, 0) is 59.2 Å². The van der Waals surface area contributed by atoms with Crippen LogP contribution in [0.1, 0.15) is 103 Å². The Labute approximate surface area is 535 Å². The van der Waals surface area contributed by atoms with Crippen molar-refractivity contribution in [3.63, 3.8) is 0 Å². The summed E-state index contributed by atoms with van der Waals surface area (Å²) in [5.41, 5.74) is 39.5. The number of benzene rings is 1. The molecule has 0 radical (unpaired) electrons. The summed E-state index contributed by atoms with van der Waals surface area (Å²) in [5.74, 6) is -9.15. The number of carbonyl (C=O) groups excluding carboxylic acids is 11. The van der Waals surface area contributed by atoms with Gasteiger partial charge in [0.05, 0.1) is 0 Å². The number of nitrogens with zero attached hydrogens (tertiary/aromatic N) is 4. The van der Waals surface area contributed by atoms with Gasteiger partial charge in [0.1, 0.15) is 60.1 Å². The lowest BCUT2D eigenvalue weighted by molar-refractivity contribution is -0.142. The Morgan fingerprint density at radius 2 is 1.26 bits per heavy atom. The van der Waals surface area contributed by atoms with Gasteiger partial charge in [-0.05, 0) is 106 Å². The monoisotopic (exact) mass is 1320 g/mol. The number of fused-ring (bicyclic) bond motifs is 1. The number of rotatable bonds is 22. The predicted molar refractivity (Wildman–Crippen MR) is 346 cm³/mol. The number of primary amides is 1. The molecule has 9 atom stereocenters. The van der Waals surface area contributed by atoms with Crippen molar-refractivity contribution in [3.05, 3.63) is 29.8 Å². The minimum absolute atomic E-state index is 0.0222. The number of nitrogens with one attached hydrogen (secondary N) is 9. The molecule has 0 spiro atoms. The fourth-order valence-corrected chi connectivity index (χ4v) is 12.2. The van der Waals surface area contributed by atoms with Crippen LogP contribution in [0.4, 0.5) is 0 Å². The third-order valence-corrected chi connectivity index (χ3v) is 17.2. The van der Waals surface area contributed by atoms with Crippen molar-refractivity contribution in [2.75, 3.05) is 56.2 Å². The third kappa shape index (κ3) is 28.7. The van der Waals surface area contributed by atoms with Crippen molar-refractivity contribution in [3.8, 4) is 5.75 Å². The van der Waals surface area contributed by atoms with Gasteiger partial charge in [-0.3, -0.25) is 67.7 Å². The van der Waals surface area contributed by atoms with E-state index in [1.165, 1.54) is 47.9 Å². The van der Waals surface area contributed by atoms with Crippen molar-refractivity contribution in [2.45, 2.75) is 159 Å². The van der Waals surface area contributed by atoms with Crippen LogP contribution in [0.2, 0.25) is 0 Å². The number of guanidine groups is 3. The lowest BCUT2D eigenvalue weighted by Crippen LogP contribution is -2.60. The SMILES string of the molecule is CSCCC1NC(=O)C(NC(=O)C(CCCN=C(N)N)NC(C)=O)CSSCC(C(N)=O)NC(=O)C2CCCN2C(=O)C(CCCN=C(N)N)NC(=O)C(Cc2ccc(O)cc2)NC(=O)C(C(C)C)NC(=O)C(CCCN=C(N)N)NC(=O)CCCCNC1=O. The molecule has 2 fully saturated rings. The second-order valence-electron chi connectivity index (χ2n) is 21.8. The van der Waals surface area contributed by atoms with Crippen LogP contribution in [0.25, 0.3) is 0 Å². The lowest BCUT2D eigenvalue weighted by Gasteiger charge is -2.31. The molecule has 1 aromatic rings. The molecule has 0 bridgehead atoms. The Kier molecular flexibility index (Phi) is 34.5. The van der Waals surface area contributed by atoms with Crippen molar-refractivity contribution in [2.24, 2.45) is 61.0 Å². The molecule has 2 heterocycles. The van der Waals surface area contributed by atoms with Crippen molar-refractivity contribution < 1.29 is 57.8 Å². The molecule has 502 valence electrons. The van der Waals surface area contributed by atoms with Gasteiger partial charge < -0.3 is 98.0 Å². The summed E-state index contributed by atoms with van der Waals surface area (Å²) in [4.78, 5) is 167. The van der Waals surface area contributed by atoms with Crippen LogP contribution in [0.3, 0.4) is 0 Å². The van der Waals surface area contributed by atoms with E-state index in [1.54, 1.807) is 13.8 Å². The highest BCUT2D eigenvalue weighted by molar-refractivity contribution is 8.76. The van der Waals surface area contributed by atoms with Gasteiger partial charge in [-0.1, -0.05) is 47.6 Å². The smallest absolute Gasteiger partial charge is 0.245 e. The number of thioether (sulfide) groups is 1. The number of nitrogens with two attached hydrogens (primary N) is 7. The molecule has 24 N–H and O–H groups in total. The fourth-order valence-electron chi connectivity index (χ4n) is 9.39. The summed E-state index contributed by atoms with van der Waals surface area (Å²) in [6.45, 7) is 4.89. The van der Waals surface area contributed by atoms with Crippen LogP contribution < -0.4 is 88.0 Å². The van der Waals surface area contributed by atoms with E-state index in [-0.39, 0.29) is 145 Å². The zero-order chi connectivity index (χ0) is 66.9. The number of hydrogen-bond donors (Lipinski definition) is 17. The fraction of sp³-hybridized carbons (Fsp3) is 0.636. The third-order valence-electron chi connectivity index (χ3n) is 14.1. The molecular weight excluding hydrogens is 1230 g/mol. The maximum Gasteiger partial charge on any atom is 0.245 e. The van der Waals surface area contributed by atoms with E-state index in [4.69, 9.17) is 40.1 Å². The second kappa shape index (κ2) is 40.6. The van der Waals surface area contributed by atoms with Crippen molar-refractivity contribution in [1.82, 2.24) is 52.8 Å². The van der Waals surface area contributed by atoms with E-state index in [0.29, 0.717) is 17.7 Å². The first kappa shape index (κ1) is 76.3. The normalized spacial score (nSPS) is 23.0. The maximum absolute atomic E-state index is 14.8. The van der Waals surface area contributed by atoms with E-state index in [2.05, 4.69) is 62.8 Å². The topological polar surface area (TPSA) is 539 Å². The minimum Gasteiger partial charge on any atom is -0.508 e. The number of carbonyl (C=O) groups is 11. The standard InChI is InChI=1S/C55H92N20O12S3/c1-30(2)43-51(86)71-38(27-32-16-18-33(77)19-17-32)48(83)70-37(13-9-24-66-55(61)62)52(87)75-25-10-14-41(75)50(85)72-39(44(56)79)28-89-90-29-40(73-46(81)34(67-31(3)76)11-7-22-64-53(57)58)49(84)69-36(20-26-88-4)45(80)63-21-6-5-15-42(78)68-35(47(82)74-43)12-8-23-65-54(59)60/h16-19,30,34-41,43,77H,5-15,20-29H2,1-4H3,(H2,56,79)(H,63,80)(H,67,76)(H,68,78)(H,69,84)(H,70,83)(H,71,86)(H,72,85)(H,73,81)(H,74,82)(H4,57,58,64)(H4,59,60,65)(H4,61,62,66). The highest BCUT2D eigenvalue weighted by Crippen LogP contribution is 2.25. The summed E-state index contributed by atoms with van der Waals surface area (Å²) >= 11 is 1.41. The predicted octanol–water partition coefficient (Wildman–Crippen LogP) is -4.44. The van der Waals surface area contributed by atoms with E-state index < -0.39 is 125 Å². The summed E-state index contributed by atoms with van der Waals surface area (Å²) in [5, 5.41) is 34.5. The molecule has 11 amide bonds. The van der Waals surface area contributed by atoms with E-state index >= 15 is 0 Å². The molecule has 0 aromatic heterocycles. The highest BCUT2D eigenvalue weighted by Gasteiger charge is 2.40. The Bertz CT molecular complexity index is 2680. The van der Waals surface area contributed by atoms with E-state index in [0.717, 1.165) is 21.6 Å². The Hall–Kier alpha value is -7.95. The van der Waals surface area contributed by atoms with E-state index in [9.17, 15) is 57.8 Å². The van der Waals surface area contributed by atoms with Gasteiger partial charge >= 0.3 is 0 Å². The molecule has 9 unspecified atom stereocenters. The summed E-state index contributed by atoms with van der Waals surface area (Å²) in [6, 6.07) is -5.60. The average molecular weight is 1320 g/mol. The van der Waals surface area contributed by atoms with E-state index in [1.807, 2.05) is 6.26 Å². The summed E-state index contributed by atoms with van der Waals surface area (Å²) < 4.78 is 0. The maximum atomic E-state index is 14.8. The molecule has 1 aromatic carbocycles. The highest BCUT2D eigenvalue weighted by atomic mass is 33.1. The van der Waals surface area contributed by atoms with Gasteiger partial charge in [-0.2, -0.15) is 11.8 Å². The van der Waals surface area contributed by atoms with Crippen LogP contribution in [0, 0.1) is 5.92 Å². The molecule has 0 saturated carbocycles. The first-order valence-corrected chi connectivity index (χ1v) is 33.5. The summed E-state index contributed by atoms with van der Waals surface area (Å²) in [6.07, 6.45) is 3.31. The number of aliphatic imine (C=N–C) groups is 3. The molecule has 0 aliphatic carbocycles. The summed E-state index contributed by atoms with van der Waals surface area (Å²) in [7, 11) is 2.03. The quantitative estimate of drug-likeness (QED) is 0.0225. The van der Waals surface area contributed by atoms with Gasteiger partial charge in [0, 0.05) is 64.0 Å². The molecule has 90 heavy (non-hydrogen) atoms. The van der Waals surface area contributed by atoms with Gasteiger partial charge in [0.25, 0.3) is 0 Å². The van der Waals surface area contributed by atoms with Gasteiger partial charge in [-0.25, -0.2) is 0 Å². The number of amides is 11. The van der Waals surface area contributed by atoms with Crippen LogP contribution in [0.15, 0.2) is 39.2 Å². The molecule has 2 saturated heterocycles. The lowest BCUT2D eigenvalue weighted by atomic mass is 9.99. The second-order valence-corrected chi connectivity index (χ2v) is 25.4. The molecule has 2 aliphatic rings. The molecule has 32 nitrogen and oxygen atoms in total. The largest absolute Gasteiger partial charge is 0.508 e. The first-order chi connectivity index (χ1) is 42.7. The van der Waals surface area contributed by atoms with Crippen molar-refractivity contribution in [1.29, 1.82) is 0 Å². The molecule has 2 aliphatic heterocycles. The van der Waals surface area contributed by atoms with Gasteiger partial charge in [0.2, 0.25) is 65.0 Å². The van der Waals surface area contributed by atoms with Crippen LogP contribution >= 0.6 is 33.3 Å².